The second kappa shape index (κ2) is 6.35. The summed E-state index contributed by atoms with van der Waals surface area (Å²) in [4.78, 5) is 28.5. The Balaban J connectivity index is 1.71. The zero-order chi connectivity index (χ0) is 19.3. The molecule has 0 radical (unpaired) electrons. The molecule has 3 heterocycles. The van der Waals surface area contributed by atoms with Gasteiger partial charge in [-0.3, -0.25) is 4.79 Å². The molecule has 0 aliphatic carbocycles. The van der Waals surface area contributed by atoms with Gasteiger partial charge in [-0.2, -0.15) is 0 Å². The van der Waals surface area contributed by atoms with Gasteiger partial charge in [0.25, 0.3) is 5.91 Å². The van der Waals surface area contributed by atoms with Crippen LogP contribution >= 0.6 is 11.3 Å². The van der Waals surface area contributed by atoms with Crippen LogP contribution in [0.15, 0.2) is 40.9 Å². The number of carboxylic acids is 1. The number of benzene rings is 1. The summed E-state index contributed by atoms with van der Waals surface area (Å²) in [6.45, 7) is 5.57. The lowest BCUT2D eigenvalue weighted by atomic mass is 9.93. The molecule has 2 aliphatic heterocycles. The summed E-state index contributed by atoms with van der Waals surface area (Å²) in [6, 6.07) is 5.55. The molecule has 1 aromatic carbocycles. The maximum Gasteiger partial charge on any atom is 0.333 e. The molecule has 0 bridgehead atoms. The van der Waals surface area contributed by atoms with Gasteiger partial charge < -0.3 is 15.7 Å². The second-order valence-corrected chi connectivity index (χ2v) is 7.91. The van der Waals surface area contributed by atoms with Crippen LogP contribution in [0.5, 0.6) is 0 Å². The van der Waals surface area contributed by atoms with E-state index in [1.807, 2.05) is 43.5 Å². The number of carbonyl (C=O) groups is 2. The van der Waals surface area contributed by atoms with E-state index in [0.29, 0.717) is 16.8 Å². The normalized spacial score (nSPS) is 22.8. The minimum absolute atomic E-state index is 0.174. The minimum atomic E-state index is -0.925. The van der Waals surface area contributed by atoms with Gasteiger partial charge in [0.2, 0.25) is 0 Å². The molecular formula is C20H19N3O3S. The number of hydrogen-bond donors (Lipinski definition) is 3. The van der Waals surface area contributed by atoms with E-state index in [4.69, 9.17) is 0 Å². The molecule has 6 nitrogen and oxygen atoms in total. The van der Waals surface area contributed by atoms with Gasteiger partial charge in [-0.15, -0.1) is 11.3 Å². The van der Waals surface area contributed by atoms with E-state index in [0.717, 1.165) is 27.5 Å². The molecule has 27 heavy (non-hydrogen) atoms. The highest BCUT2D eigenvalue weighted by atomic mass is 32.1. The highest BCUT2D eigenvalue weighted by Gasteiger charge is 2.34. The van der Waals surface area contributed by atoms with E-state index in [1.165, 1.54) is 0 Å². The zero-order valence-electron chi connectivity index (χ0n) is 15.2. The van der Waals surface area contributed by atoms with Crippen molar-refractivity contribution in [3.8, 4) is 11.3 Å². The number of aromatic nitrogens is 1. The van der Waals surface area contributed by atoms with Crippen LogP contribution in [-0.4, -0.2) is 28.0 Å². The Hall–Kier alpha value is -2.93. The Labute approximate surface area is 160 Å². The number of anilines is 1. The topological polar surface area (TPSA) is 91.3 Å². The van der Waals surface area contributed by atoms with Crippen LogP contribution in [0.3, 0.4) is 0 Å². The van der Waals surface area contributed by atoms with Crippen LogP contribution < -0.4 is 10.6 Å². The number of carbonyl (C=O) groups excluding carboxylic acids is 1. The molecule has 2 aliphatic rings. The Morgan fingerprint density at radius 3 is 2.74 bits per heavy atom. The number of allylic oxidation sites excluding steroid dienone is 1. The third-order valence-corrected chi connectivity index (χ3v) is 5.85. The quantitative estimate of drug-likeness (QED) is 0.709. The summed E-state index contributed by atoms with van der Waals surface area (Å²) in [5.41, 5.74) is 4.98. The monoisotopic (exact) mass is 381 g/mol. The first kappa shape index (κ1) is 17.5. The molecule has 0 saturated carbocycles. The number of amides is 1. The van der Waals surface area contributed by atoms with E-state index in [1.54, 1.807) is 18.3 Å². The third-order valence-electron chi connectivity index (χ3n) is 5.08. The van der Waals surface area contributed by atoms with E-state index in [9.17, 15) is 14.7 Å². The lowest BCUT2D eigenvalue weighted by Gasteiger charge is -2.14. The number of fused-ring (bicyclic) bond motifs is 1. The summed E-state index contributed by atoms with van der Waals surface area (Å²) in [5.74, 6) is -1.32. The van der Waals surface area contributed by atoms with Crippen LogP contribution in [0.4, 0.5) is 5.69 Å². The molecule has 2 atom stereocenters. The molecule has 0 saturated heterocycles. The van der Waals surface area contributed by atoms with Crippen molar-refractivity contribution < 1.29 is 14.7 Å². The predicted octanol–water partition coefficient (Wildman–Crippen LogP) is 3.42. The fourth-order valence-electron chi connectivity index (χ4n) is 3.70. The lowest BCUT2D eigenvalue weighted by molar-refractivity contribution is -0.133. The van der Waals surface area contributed by atoms with Crippen LogP contribution in [0, 0.1) is 12.8 Å². The molecule has 2 aromatic rings. The predicted molar refractivity (Wildman–Crippen MR) is 105 cm³/mol. The van der Waals surface area contributed by atoms with Crippen molar-refractivity contribution in [2.75, 3.05) is 5.32 Å². The molecular weight excluding hydrogens is 362 g/mol. The Morgan fingerprint density at radius 1 is 1.33 bits per heavy atom. The molecule has 0 spiro atoms. The maximum atomic E-state index is 12.5. The van der Waals surface area contributed by atoms with E-state index in [-0.39, 0.29) is 17.9 Å². The third kappa shape index (κ3) is 2.94. The van der Waals surface area contributed by atoms with Crippen molar-refractivity contribution in [1.29, 1.82) is 0 Å². The van der Waals surface area contributed by atoms with Crippen molar-refractivity contribution in [3.63, 3.8) is 0 Å². The number of nitrogens with one attached hydrogen (secondary N) is 2. The van der Waals surface area contributed by atoms with Gasteiger partial charge in [-0.05, 0) is 32.1 Å². The Kier molecular flexibility index (Phi) is 4.11. The Bertz CT molecular complexity index is 1030. The zero-order valence-corrected chi connectivity index (χ0v) is 16.0. The molecule has 4 rings (SSSR count). The van der Waals surface area contributed by atoms with Crippen LogP contribution in [0.2, 0.25) is 0 Å². The first-order valence-corrected chi connectivity index (χ1v) is 9.54. The highest BCUT2D eigenvalue weighted by Crippen LogP contribution is 2.37. The van der Waals surface area contributed by atoms with Crippen molar-refractivity contribution >= 4 is 34.5 Å². The summed E-state index contributed by atoms with van der Waals surface area (Å²) in [5, 5.41) is 18.5. The van der Waals surface area contributed by atoms with Crippen LogP contribution in [0.25, 0.3) is 16.8 Å². The van der Waals surface area contributed by atoms with Gasteiger partial charge in [0.15, 0.2) is 0 Å². The minimum Gasteiger partial charge on any atom is -0.478 e. The van der Waals surface area contributed by atoms with Gasteiger partial charge in [0, 0.05) is 39.4 Å². The van der Waals surface area contributed by atoms with E-state index >= 15 is 0 Å². The Morgan fingerprint density at radius 2 is 2.11 bits per heavy atom. The summed E-state index contributed by atoms with van der Waals surface area (Å²) in [7, 11) is 0. The van der Waals surface area contributed by atoms with Gasteiger partial charge >= 0.3 is 5.97 Å². The molecule has 3 N–H and O–H groups in total. The van der Waals surface area contributed by atoms with Gasteiger partial charge in [0.1, 0.15) is 0 Å². The molecule has 7 heteroatoms. The summed E-state index contributed by atoms with van der Waals surface area (Å²) < 4.78 is 0. The SMILES string of the molecule is CC1=C(C(=O)O)C(C)C(/C=C2\C(=O)Nc3ccc(-c4csc(C)n4)cc32)N1. The van der Waals surface area contributed by atoms with Crippen LogP contribution in [-0.2, 0) is 9.59 Å². The van der Waals surface area contributed by atoms with Gasteiger partial charge in [-0.25, -0.2) is 9.78 Å². The smallest absolute Gasteiger partial charge is 0.333 e. The molecule has 2 unspecified atom stereocenters. The van der Waals surface area contributed by atoms with Crippen molar-refractivity contribution in [2.45, 2.75) is 26.8 Å². The molecule has 0 fully saturated rings. The van der Waals surface area contributed by atoms with E-state index < -0.39 is 5.97 Å². The molecule has 1 aromatic heterocycles. The maximum absolute atomic E-state index is 12.5. The highest BCUT2D eigenvalue weighted by molar-refractivity contribution is 7.09. The fourth-order valence-corrected chi connectivity index (χ4v) is 4.33. The molecule has 138 valence electrons. The average Bonchev–Trinajstić information content (AvgIpc) is 3.25. The number of aliphatic carboxylic acids is 1. The van der Waals surface area contributed by atoms with Crippen molar-refractivity contribution in [2.24, 2.45) is 5.92 Å². The van der Waals surface area contributed by atoms with Gasteiger partial charge in [0.05, 0.1) is 22.3 Å². The fraction of sp³-hybridized carbons (Fsp3) is 0.250. The number of thiazole rings is 1. The number of aryl methyl sites for hydroxylation is 1. The van der Waals surface area contributed by atoms with Crippen molar-refractivity contribution in [1.82, 2.24) is 10.3 Å². The first-order chi connectivity index (χ1) is 12.8. The standard InChI is InChI=1S/C20H19N3O3S/c1-9-16(21-10(2)18(9)20(25)26)7-14-13-6-12(17-8-27-11(3)22-17)4-5-15(13)23-19(14)24/h4-9,16,21H,1-3H3,(H,23,24)(H,25,26)/b14-7-. The van der Waals surface area contributed by atoms with Gasteiger partial charge in [-0.1, -0.05) is 13.0 Å². The van der Waals surface area contributed by atoms with E-state index in [2.05, 4.69) is 15.6 Å². The lowest BCUT2D eigenvalue weighted by Crippen LogP contribution is -2.26. The number of carboxylic acid groups (broad SMARTS) is 1. The molecule has 1 amide bonds. The number of rotatable bonds is 3. The second-order valence-electron chi connectivity index (χ2n) is 6.85. The first-order valence-electron chi connectivity index (χ1n) is 8.66. The number of nitrogens with zero attached hydrogens (tertiary/aromatic N) is 1. The van der Waals surface area contributed by atoms with Crippen LogP contribution in [0.1, 0.15) is 24.4 Å². The summed E-state index contributed by atoms with van der Waals surface area (Å²) >= 11 is 1.58. The average molecular weight is 381 g/mol. The largest absolute Gasteiger partial charge is 0.478 e. The summed E-state index contributed by atoms with van der Waals surface area (Å²) in [6.07, 6.45) is 1.83. The number of hydrogen-bond acceptors (Lipinski definition) is 5. The van der Waals surface area contributed by atoms with Crippen molar-refractivity contribution in [3.05, 3.63) is 51.5 Å².